The van der Waals surface area contributed by atoms with Crippen LogP contribution in [0.5, 0.6) is 0 Å². The van der Waals surface area contributed by atoms with Gasteiger partial charge >= 0.3 is 0 Å². The SMILES string of the molecule is CCC=CCCC=C[C]=O. The molecule has 0 unspecified atom stereocenters. The minimum absolute atomic E-state index is 0.936. The first kappa shape index (κ1) is 9.15. The number of hydrogen-bond acceptors (Lipinski definition) is 1. The van der Waals surface area contributed by atoms with E-state index in [2.05, 4.69) is 19.1 Å². The van der Waals surface area contributed by atoms with Crippen molar-refractivity contribution in [3.8, 4) is 0 Å². The van der Waals surface area contributed by atoms with E-state index in [1.54, 1.807) is 6.29 Å². The normalized spacial score (nSPS) is 11.3. The second-order valence-corrected chi connectivity index (χ2v) is 1.98. The molecule has 0 aromatic carbocycles. The Hall–Kier alpha value is -0.850. The van der Waals surface area contributed by atoms with E-state index in [-0.39, 0.29) is 0 Å². The summed E-state index contributed by atoms with van der Waals surface area (Å²) < 4.78 is 0. The number of hydrogen-bond donors (Lipinski definition) is 0. The molecule has 0 fully saturated rings. The minimum atomic E-state index is 0.936. The van der Waals surface area contributed by atoms with Crippen LogP contribution in [0, 0.1) is 0 Å². The van der Waals surface area contributed by atoms with E-state index < -0.39 is 0 Å². The molecule has 1 heteroatoms. The molecule has 0 aromatic heterocycles. The molecule has 0 amide bonds. The predicted octanol–water partition coefficient (Wildman–Crippen LogP) is 2.40. The number of unbranched alkanes of at least 4 members (excludes halogenated alkanes) is 1. The molecule has 0 heterocycles. The van der Waals surface area contributed by atoms with Crippen LogP contribution in [-0.2, 0) is 4.79 Å². The molecule has 0 saturated heterocycles. The minimum Gasteiger partial charge on any atom is -0.286 e. The van der Waals surface area contributed by atoms with Crippen molar-refractivity contribution < 1.29 is 4.79 Å². The summed E-state index contributed by atoms with van der Waals surface area (Å²) in [6.07, 6.45) is 12.2. The Morgan fingerprint density at radius 3 is 2.50 bits per heavy atom. The van der Waals surface area contributed by atoms with Crippen LogP contribution in [0.1, 0.15) is 26.2 Å². The highest BCUT2D eigenvalue weighted by molar-refractivity contribution is 5.65. The fourth-order valence-corrected chi connectivity index (χ4v) is 0.608. The molecule has 10 heavy (non-hydrogen) atoms. The van der Waals surface area contributed by atoms with Gasteiger partial charge in [-0.05, 0) is 25.3 Å². The maximum absolute atomic E-state index is 9.66. The average Bonchev–Trinajstić information content (AvgIpc) is 1.97. The third kappa shape index (κ3) is 7.15. The maximum Gasteiger partial charge on any atom is 0.225 e. The summed E-state index contributed by atoms with van der Waals surface area (Å²) in [6.45, 7) is 2.10. The van der Waals surface area contributed by atoms with Crippen LogP contribution in [0.25, 0.3) is 0 Å². The van der Waals surface area contributed by atoms with Crippen LogP contribution in [0.15, 0.2) is 24.3 Å². The van der Waals surface area contributed by atoms with Crippen molar-refractivity contribution in [2.24, 2.45) is 0 Å². The molecule has 0 aromatic rings. The van der Waals surface area contributed by atoms with Gasteiger partial charge in [-0.1, -0.05) is 25.2 Å². The van der Waals surface area contributed by atoms with E-state index in [4.69, 9.17) is 0 Å². The van der Waals surface area contributed by atoms with Gasteiger partial charge in [0.2, 0.25) is 6.29 Å². The van der Waals surface area contributed by atoms with E-state index in [0.29, 0.717) is 0 Å². The van der Waals surface area contributed by atoms with E-state index >= 15 is 0 Å². The van der Waals surface area contributed by atoms with Crippen LogP contribution in [0.3, 0.4) is 0 Å². The summed E-state index contributed by atoms with van der Waals surface area (Å²) in [7, 11) is 0. The lowest BCUT2D eigenvalue weighted by Gasteiger charge is -1.82. The van der Waals surface area contributed by atoms with Crippen LogP contribution in [0.4, 0.5) is 0 Å². The Bertz CT molecular complexity index is 123. The molecule has 0 aliphatic carbocycles. The topological polar surface area (TPSA) is 17.1 Å². The van der Waals surface area contributed by atoms with E-state index in [0.717, 1.165) is 19.3 Å². The Balaban J connectivity index is 3.11. The van der Waals surface area contributed by atoms with Gasteiger partial charge < -0.3 is 0 Å². The Kier molecular flexibility index (Phi) is 7.46. The molecule has 0 aliphatic rings. The molecule has 0 atom stereocenters. The van der Waals surface area contributed by atoms with E-state index in [1.807, 2.05) is 6.08 Å². The van der Waals surface area contributed by atoms with Crippen molar-refractivity contribution in [1.29, 1.82) is 0 Å². The van der Waals surface area contributed by atoms with E-state index in [9.17, 15) is 4.79 Å². The zero-order chi connectivity index (χ0) is 7.66. The molecule has 0 bridgehead atoms. The largest absolute Gasteiger partial charge is 0.286 e. The van der Waals surface area contributed by atoms with Gasteiger partial charge in [0.1, 0.15) is 0 Å². The van der Waals surface area contributed by atoms with Gasteiger partial charge in [-0.3, -0.25) is 4.79 Å². The second kappa shape index (κ2) is 8.15. The van der Waals surface area contributed by atoms with Gasteiger partial charge in [0.05, 0.1) is 0 Å². The van der Waals surface area contributed by atoms with Gasteiger partial charge in [-0.25, -0.2) is 0 Å². The van der Waals surface area contributed by atoms with Crippen LogP contribution in [-0.4, -0.2) is 6.29 Å². The zero-order valence-electron chi connectivity index (χ0n) is 6.34. The number of allylic oxidation sites excluding steroid dienone is 4. The Labute approximate surface area is 62.4 Å². The summed E-state index contributed by atoms with van der Waals surface area (Å²) in [6, 6.07) is 0. The third-order valence-corrected chi connectivity index (χ3v) is 1.09. The second-order valence-electron chi connectivity index (χ2n) is 1.98. The Morgan fingerprint density at radius 2 is 1.90 bits per heavy atom. The summed E-state index contributed by atoms with van der Waals surface area (Å²) >= 11 is 0. The van der Waals surface area contributed by atoms with Crippen molar-refractivity contribution in [1.82, 2.24) is 0 Å². The highest BCUT2D eigenvalue weighted by Gasteiger charge is 1.74. The zero-order valence-corrected chi connectivity index (χ0v) is 6.34. The lowest BCUT2D eigenvalue weighted by atomic mass is 10.2. The first-order chi connectivity index (χ1) is 4.91. The maximum atomic E-state index is 9.66. The first-order valence-corrected chi connectivity index (χ1v) is 3.59. The van der Waals surface area contributed by atoms with Crippen molar-refractivity contribution in [2.75, 3.05) is 0 Å². The summed E-state index contributed by atoms with van der Waals surface area (Å²) in [5.41, 5.74) is 0. The molecule has 1 nitrogen and oxygen atoms in total. The fourth-order valence-electron chi connectivity index (χ4n) is 0.608. The first-order valence-electron chi connectivity index (χ1n) is 3.59. The molecule has 55 valence electrons. The van der Waals surface area contributed by atoms with Crippen molar-refractivity contribution >= 4 is 6.29 Å². The molecule has 1 radical (unpaired) electrons. The molecule has 0 rings (SSSR count). The van der Waals surface area contributed by atoms with Crippen LogP contribution < -0.4 is 0 Å². The lowest BCUT2D eigenvalue weighted by Crippen LogP contribution is -1.65. The van der Waals surface area contributed by atoms with Crippen molar-refractivity contribution in [3.63, 3.8) is 0 Å². The molecular formula is C9H13O. The van der Waals surface area contributed by atoms with Gasteiger partial charge in [-0.2, -0.15) is 0 Å². The highest BCUT2D eigenvalue weighted by atomic mass is 16.1. The van der Waals surface area contributed by atoms with Gasteiger partial charge in [-0.15, -0.1) is 0 Å². The summed E-state index contributed by atoms with van der Waals surface area (Å²) in [5.74, 6) is 0. The molecule has 0 N–H and O–H groups in total. The highest BCUT2D eigenvalue weighted by Crippen LogP contribution is 1.92. The number of carbonyl (C=O) groups excluding carboxylic acids is 1. The third-order valence-electron chi connectivity index (χ3n) is 1.09. The van der Waals surface area contributed by atoms with Crippen LogP contribution in [0.2, 0.25) is 0 Å². The van der Waals surface area contributed by atoms with Gasteiger partial charge in [0, 0.05) is 0 Å². The smallest absolute Gasteiger partial charge is 0.225 e. The quantitative estimate of drug-likeness (QED) is 0.323. The number of rotatable bonds is 5. The van der Waals surface area contributed by atoms with Crippen molar-refractivity contribution in [3.05, 3.63) is 24.3 Å². The fraction of sp³-hybridized carbons (Fsp3) is 0.444. The summed E-state index contributed by atoms with van der Waals surface area (Å²) in [4.78, 5) is 9.66. The molecule has 0 aliphatic heterocycles. The molecule has 0 spiro atoms. The Morgan fingerprint density at radius 1 is 1.20 bits per heavy atom. The monoisotopic (exact) mass is 137 g/mol. The lowest BCUT2D eigenvalue weighted by molar-refractivity contribution is 0.564. The molecule has 0 saturated carbocycles. The van der Waals surface area contributed by atoms with Crippen LogP contribution >= 0.6 is 0 Å². The van der Waals surface area contributed by atoms with Crippen molar-refractivity contribution in [2.45, 2.75) is 26.2 Å². The van der Waals surface area contributed by atoms with Gasteiger partial charge in [0.25, 0.3) is 0 Å². The standard InChI is InChI=1S/C9H13O/c1-2-3-4-5-6-7-8-9-10/h3-4,7-8H,2,5-6H2,1H3. The summed E-state index contributed by atoms with van der Waals surface area (Å²) in [5, 5.41) is 0. The average molecular weight is 137 g/mol. The predicted molar refractivity (Wildman–Crippen MR) is 43.5 cm³/mol. The molecular weight excluding hydrogens is 124 g/mol. The van der Waals surface area contributed by atoms with Gasteiger partial charge in [0.15, 0.2) is 0 Å². The van der Waals surface area contributed by atoms with E-state index in [1.165, 1.54) is 6.08 Å².